The highest BCUT2D eigenvalue weighted by Crippen LogP contribution is 2.30. The van der Waals surface area contributed by atoms with E-state index in [0.717, 1.165) is 44.8 Å². The smallest absolute Gasteiger partial charge is 0.0543 e. The van der Waals surface area contributed by atoms with Gasteiger partial charge in [0.2, 0.25) is 0 Å². The quantitative estimate of drug-likeness (QED) is 0.855. The summed E-state index contributed by atoms with van der Waals surface area (Å²) in [7, 11) is 2.08. The van der Waals surface area contributed by atoms with Crippen LogP contribution in [0.1, 0.15) is 18.5 Å². The third-order valence-electron chi connectivity index (χ3n) is 3.65. The largest absolute Gasteiger partial charge is 0.396 e. The van der Waals surface area contributed by atoms with Gasteiger partial charge in [-0.3, -0.25) is 9.88 Å². The molecule has 0 atom stereocenters. The van der Waals surface area contributed by atoms with Crippen molar-refractivity contribution in [2.24, 2.45) is 5.41 Å². The Morgan fingerprint density at radius 3 is 2.78 bits per heavy atom. The second-order valence-corrected chi connectivity index (χ2v) is 5.26. The fraction of sp³-hybridized carbons (Fsp3) is 0.643. The van der Waals surface area contributed by atoms with E-state index in [-0.39, 0.29) is 12.0 Å². The van der Waals surface area contributed by atoms with Gasteiger partial charge in [-0.15, -0.1) is 0 Å². The summed E-state index contributed by atoms with van der Waals surface area (Å²) in [4.78, 5) is 6.57. The average molecular weight is 250 g/mol. The first-order chi connectivity index (χ1) is 8.74. The molecule has 2 heterocycles. The standard InChI is InChI=1S/C14H22N2O2/c1-16(10-13-4-2-3-7-15-13)11-14(12-17)5-8-18-9-6-14/h2-4,7,17H,5-6,8-12H2,1H3. The monoisotopic (exact) mass is 250 g/mol. The van der Waals surface area contributed by atoms with Crippen LogP contribution >= 0.6 is 0 Å². The molecule has 0 radical (unpaired) electrons. The van der Waals surface area contributed by atoms with E-state index < -0.39 is 0 Å². The Balaban J connectivity index is 1.91. The predicted molar refractivity (Wildman–Crippen MR) is 70.1 cm³/mol. The third kappa shape index (κ3) is 3.51. The number of nitrogens with zero attached hydrogens (tertiary/aromatic N) is 2. The number of rotatable bonds is 5. The Kier molecular flexibility index (Phi) is 4.69. The number of aliphatic hydroxyl groups is 1. The molecule has 18 heavy (non-hydrogen) atoms. The molecule has 1 N–H and O–H groups in total. The van der Waals surface area contributed by atoms with Crippen molar-refractivity contribution in [3.8, 4) is 0 Å². The molecule has 0 saturated carbocycles. The van der Waals surface area contributed by atoms with Gasteiger partial charge < -0.3 is 9.84 Å². The van der Waals surface area contributed by atoms with E-state index in [4.69, 9.17) is 4.74 Å². The van der Waals surface area contributed by atoms with Crippen LogP contribution in [0.4, 0.5) is 0 Å². The van der Waals surface area contributed by atoms with Crippen LogP contribution in [0.3, 0.4) is 0 Å². The minimum absolute atomic E-state index is 0.00177. The molecule has 1 aliphatic rings. The molecule has 1 fully saturated rings. The number of ether oxygens (including phenoxy) is 1. The lowest BCUT2D eigenvalue weighted by Crippen LogP contribution is -2.42. The second kappa shape index (κ2) is 6.27. The lowest BCUT2D eigenvalue weighted by atomic mass is 9.80. The van der Waals surface area contributed by atoms with E-state index in [0.29, 0.717) is 0 Å². The molecule has 4 nitrogen and oxygen atoms in total. The maximum atomic E-state index is 9.66. The second-order valence-electron chi connectivity index (χ2n) is 5.26. The Morgan fingerprint density at radius 1 is 1.39 bits per heavy atom. The average Bonchev–Trinajstić information content (AvgIpc) is 2.41. The van der Waals surface area contributed by atoms with Crippen LogP contribution in [0, 0.1) is 5.41 Å². The van der Waals surface area contributed by atoms with Gasteiger partial charge in [0.1, 0.15) is 0 Å². The number of pyridine rings is 1. The molecule has 0 amide bonds. The Bertz CT molecular complexity index is 350. The van der Waals surface area contributed by atoms with Crippen molar-refractivity contribution in [3.63, 3.8) is 0 Å². The fourth-order valence-electron chi connectivity index (χ4n) is 2.57. The van der Waals surface area contributed by atoms with E-state index in [1.54, 1.807) is 0 Å². The Labute approximate surface area is 109 Å². The number of hydrogen-bond acceptors (Lipinski definition) is 4. The molecule has 0 bridgehead atoms. The zero-order valence-electron chi connectivity index (χ0n) is 11.0. The predicted octanol–water partition coefficient (Wildman–Crippen LogP) is 1.30. The fourth-order valence-corrected chi connectivity index (χ4v) is 2.57. The summed E-state index contributed by atoms with van der Waals surface area (Å²) in [6.45, 7) is 3.48. The molecule has 0 spiro atoms. The first-order valence-corrected chi connectivity index (χ1v) is 6.51. The number of aliphatic hydroxyl groups excluding tert-OH is 1. The summed E-state index contributed by atoms with van der Waals surface area (Å²) in [5, 5.41) is 9.66. The minimum atomic E-state index is 0.00177. The van der Waals surface area contributed by atoms with Crippen LogP contribution < -0.4 is 0 Å². The van der Waals surface area contributed by atoms with Crippen molar-refractivity contribution in [1.82, 2.24) is 9.88 Å². The van der Waals surface area contributed by atoms with Crippen LogP contribution in [0.5, 0.6) is 0 Å². The van der Waals surface area contributed by atoms with Gasteiger partial charge in [-0.25, -0.2) is 0 Å². The van der Waals surface area contributed by atoms with Gasteiger partial charge in [0.25, 0.3) is 0 Å². The zero-order valence-corrected chi connectivity index (χ0v) is 11.0. The minimum Gasteiger partial charge on any atom is -0.396 e. The lowest BCUT2D eigenvalue weighted by Gasteiger charge is -2.38. The lowest BCUT2D eigenvalue weighted by molar-refractivity contribution is -0.0319. The van der Waals surface area contributed by atoms with Crippen molar-refractivity contribution >= 4 is 0 Å². The molecule has 1 saturated heterocycles. The van der Waals surface area contributed by atoms with Crippen LogP contribution in [0.15, 0.2) is 24.4 Å². The van der Waals surface area contributed by atoms with Crippen LogP contribution in [0.2, 0.25) is 0 Å². The van der Waals surface area contributed by atoms with Crippen molar-refractivity contribution < 1.29 is 9.84 Å². The molecule has 0 unspecified atom stereocenters. The highest BCUT2D eigenvalue weighted by Gasteiger charge is 2.33. The molecule has 0 aromatic carbocycles. The first kappa shape index (κ1) is 13.5. The maximum Gasteiger partial charge on any atom is 0.0543 e. The first-order valence-electron chi connectivity index (χ1n) is 6.51. The van der Waals surface area contributed by atoms with Crippen LogP contribution in [0.25, 0.3) is 0 Å². The van der Waals surface area contributed by atoms with Gasteiger partial charge >= 0.3 is 0 Å². The molecular weight excluding hydrogens is 228 g/mol. The summed E-state index contributed by atoms with van der Waals surface area (Å²) in [5.74, 6) is 0. The maximum absolute atomic E-state index is 9.66. The molecule has 2 rings (SSSR count). The molecule has 1 aromatic rings. The topological polar surface area (TPSA) is 45.6 Å². The number of hydrogen-bond donors (Lipinski definition) is 1. The van der Waals surface area contributed by atoms with Gasteiger partial charge in [0.05, 0.1) is 12.3 Å². The summed E-state index contributed by atoms with van der Waals surface area (Å²) in [5.41, 5.74) is 1.07. The van der Waals surface area contributed by atoms with Crippen LogP contribution in [-0.2, 0) is 11.3 Å². The molecular formula is C14H22N2O2. The van der Waals surface area contributed by atoms with E-state index in [1.165, 1.54) is 0 Å². The van der Waals surface area contributed by atoms with E-state index in [9.17, 15) is 5.11 Å². The zero-order chi connectivity index (χ0) is 12.8. The highest BCUT2D eigenvalue weighted by molar-refractivity contribution is 5.03. The summed E-state index contributed by atoms with van der Waals surface area (Å²) in [6, 6.07) is 5.97. The summed E-state index contributed by atoms with van der Waals surface area (Å²) >= 11 is 0. The van der Waals surface area contributed by atoms with E-state index >= 15 is 0 Å². The highest BCUT2D eigenvalue weighted by atomic mass is 16.5. The van der Waals surface area contributed by atoms with Crippen LogP contribution in [-0.4, -0.2) is 48.4 Å². The van der Waals surface area contributed by atoms with E-state index in [1.807, 2.05) is 24.4 Å². The van der Waals surface area contributed by atoms with Crippen molar-refractivity contribution in [2.45, 2.75) is 19.4 Å². The molecule has 0 aliphatic carbocycles. The molecule has 1 aromatic heterocycles. The van der Waals surface area contributed by atoms with Gasteiger partial charge in [0, 0.05) is 37.9 Å². The van der Waals surface area contributed by atoms with Gasteiger partial charge in [-0.2, -0.15) is 0 Å². The van der Waals surface area contributed by atoms with Gasteiger partial charge in [-0.1, -0.05) is 6.07 Å². The third-order valence-corrected chi connectivity index (χ3v) is 3.65. The van der Waals surface area contributed by atoms with Crippen molar-refractivity contribution in [1.29, 1.82) is 0 Å². The number of aromatic nitrogens is 1. The normalized spacial score (nSPS) is 19.1. The molecule has 1 aliphatic heterocycles. The summed E-state index contributed by atoms with van der Waals surface area (Å²) < 4.78 is 5.38. The van der Waals surface area contributed by atoms with Gasteiger partial charge in [0.15, 0.2) is 0 Å². The Hall–Kier alpha value is -0.970. The SMILES string of the molecule is CN(Cc1ccccn1)CC1(CO)CCOCC1. The van der Waals surface area contributed by atoms with Crippen molar-refractivity contribution in [2.75, 3.05) is 33.4 Å². The Morgan fingerprint density at radius 2 is 2.17 bits per heavy atom. The van der Waals surface area contributed by atoms with Crippen molar-refractivity contribution in [3.05, 3.63) is 30.1 Å². The van der Waals surface area contributed by atoms with E-state index in [2.05, 4.69) is 16.9 Å². The van der Waals surface area contributed by atoms with Gasteiger partial charge in [-0.05, 0) is 32.0 Å². The molecule has 4 heteroatoms. The summed E-state index contributed by atoms with van der Waals surface area (Å²) in [6.07, 6.45) is 3.70. The molecule has 100 valence electrons.